The van der Waals surface area contributed by atoms with E-state index in [-0.39, 0.29) is 23.4 Å². The summed E-state index contributed by atoms with van der Waals surface area (Å²) in [4.78, 5) is 0. The standard InChI is InChI=1S/C20H30O5Si/c1-20(2,3)26(5,6)25-16-11-12-22-17-13-23-19(24-18(16)17)14-7-9-15(21-4)10-8-14/h7-12,16-19H,13H2,1-6H3/t16-,17-,18+,19+/m1/s1. The molecule has 5 nitrogen and oxygen atoms in total. The normalized spacial score (nSPS) is 29.0. The van der Waals surface area contributed by atoms with Crippen LogP contribution in [-0.2, 0) is 18.6 Å². The van der Waals surface area contributed by atoms with Crippen LogP contribution in [0.4, 0.5) is 0 Å². The molecular weight excluding hydrogens is 348 g/mol. The van der Waals surface area contributed by atoms with Crippen molar-refractivity contribution in [1.82, 2.24) is 0 Å². The Balaban J connectivity index is 1.75. The van der Waals surface area contributed by atoms with Crippen molar-refractivity contribution in [2.24, 2.45) is 0 Å². The molecule has 0 N–H and O–H groups in total. The number of rotatable bonds is 4. The van der Waals surface area contributed by atoms with Crippen LogP contribution in [0, 0.1) is 0 Å². The van der Waals surface area contributed by atoms with Crippen LogP contribution in [-0.4, -0.2) is 40.3 Å². The van der Waals surface area contributed by atoms with Crippen LogP contribution in [0.3, 0.4) is 0 Å². The number of hydrogen-bond acceptors (Lipinski definition) is 5. The predicted molar refractivity (Wildman–Crippen MR) is 103 cm³/mol. The van der Waals surface area contributed by atoms with Crippen LogP contribution in [0.15, 0.2) is 36.6 Å². The van der Waals surface area contributed by atoms with Crippen molar-refractivity contribution in [1.29, 1.82) is 0 Å². The van der Waals surface area contributed by atoms with Gasteiger partial charge in [-0.1, -0.05) is 32.9 Å². The Morgan fingerprint density at radius 3 is 2.42 bits per heavy atom. The third kappa shape index (κ3) is 3.98. The summed E-state index contributed by atoms with van der Waals surface area (Å²) in [5.41, 5.74) is 0.963. The molecule has 0 aromatic heterocycles. The van der Waals surface area contributed by atoms with Crippen molar-refractivity contribution in [3.05, 3.63) is 42.2 Å². The molecule has 0 radical (unpaired) electrons. The van der Waals surface area contributed by atoms with E-state index < -0.39 is 14.6 Å². The maximum absolute atomic E-state index is 6.60. The highest BCUT2D eigenvalue weighted by Crippen LogP contribution is 2.40. The van der Waals surface area contributed by atoms with Crippen LogP contribution >= 0.6 is 0 Å². The second kappa shape index (κ2) is 7.35. The van der Waals surface area contributed by atoms with Crippen molar-refractivity contribution in [3.8, 4) is 5.75 Å². The van der Waals surface area contributed by atoms with E-state index in [1.165, 1.54) is 0 Å². The monoisotopic (exact) mass is 378 g/mol. The summed E-state index contributed by atoms with van der Waals surface area (Å²) in [5, 5.41) is 0.134. The fourth-order valence-electron chi connectivity index (χ4n) is 2.84. The van der Waals surface area contributed by atoms with Crippen LogP contribution in [0.5, 0.6) is 5.75 Å². The summed E-state index contributed by atoms with van der Waals surface area (Å²) >= 11 is 0. The van der Waals surface area contributed by atoms with E-state index in [2.05, 4.69) is 33.9 Å². The SMILES string of the molecule is COc1ccc([C@H]2OC[C@H]3OC=C[C@@H](O[Si](C)(C)C(C)(C)C)[C@@H]3O2)cc1. The van der Waals surface area contributed by atoms with Crippen molar-refractivity contribution >= 4 is 8.32 Å². The van der Waals surface area contributed by atoms with Gasteiger partial charge in [-0.25, -0.2) is 0 Å². The van der Waals surface area contributed by atoms with Gasteiger partial charge in [0.05, 0.1) is 26.1 Å². The number of methoxy groups -OCH3 is 1. The first-order valence-corrected chi connectivity index (χ1v) is 12.0. The molecule has 0 saturated carbocycles. The smallest absolute Gasteiger partial charge is 0.193 e. The van der Waals surface area contributed by atoms with E-state index >= 15 is 0 Å². The van der Waals surface area contributed by atoms with E-state index in [1.54, 1.807) is 13.4 Å². The average molecular weight is 379 g/mol. The number of ether oxygens (including phenoxy) is 4. The Bertz CT molecular complexity index is 635. The van der Waals surface area contributed by atoms with Crippen molar-refractivity contribution < 1.29 is 23.4 Å². The topological polar surface area (TPSA) is 46.2 Å². The number of fused-ring (bicyclic) bond motifs is 1. The molecule has 0 bridgehead atoms. The molecule has 3 rings (SSSR count). The van der Waals surface area contributed by atoms with Gasteiger partial charge in [0.1, 0.15) is 11.9 Å². The number of hydrogen-bond donors (Lipinski definition) is 0. The zero-order valence-electron chi connectivity index (χ0n) is 16.5. The Hall–Kier alpha value is -1.34. The van der Waals surface area contributed by atoms with Crippen LogP contribution in [0.2, 0.25) is 18.1 Å². The number of benzene rings is 1. The molecular formula is C20H30O5Si. The maximum atomic E-state index is 6.60. The van der Waals surface area contributed by atoms with Crippen molar-refractivity contribution in [2.45, 2.75) is 63.5 Å². The van der Waals surface area contributed by atoms with Crippen molar-refractivity contribution in [3.63, 3.8) is 0 Å². The predicted octanol–water partition coefficient (Wildman–Crippen LogP) is 4.41. The average Bonchev–Trinajstić information content (AvgIpc) is 2.60. The third-order valence-corrected chi connectivity index (χ3v) is 10.0. The summed E-state index contributed by atoms with van der Waals surface area (Å²) in [6, 6.07) is 7.75. The molecule has 1 aromatic carbocycles. The highest BCUT2D eigenvalue weighted by atomic mass is 28.4. The fraction of sp³-hybridized carbons (Fsp3) is 0.600. The first-order valence-electron chi connectivity index (χ1n) is 9.12. The molecule has 1 fully saturated rings. The zero-order chi connectivity index (χ0) is 18.9. The van der Waals surface area contributed by atoms with Crippen LogP contribution in [0.25, 0.3) is 0 Å². The molecule has 0 spiro atoms. The molecule has 0 amide bonds. The molecule has 6 heteroatoms. The fourth-order valence-corrected chi connectivity index (χ4v) is 4.09. The molecule has 2 aliphatic heterocycles. The second-order valence-corrected chi connectivity index (χ2v) is 13.1. The quantitative estimate of drug-likeness (QED) is 0.726. The Morgan fingerprint density at radius 1 is 1.12 bits per heavy atom. The van der Waals surface area contributed by atoms with E-state index in [0.29, 0.717) is 6.61 Å². The van der Waals surface area contributed by atoms with Gasteiger partial charge in [0.15, 0.2) is 20.7 Å². The van der Waals surface area contributed by atoms with E-state index in [9.17, 15) is 0 Å². The third-order valence-electron chi connectivity index (χ3n) is 5.53. The molecule has 0 aliphatic carbocycles. The minimum absolute atomic E-state index is 0.126. The first kappa shape index (κ1) is 19.4. The lowest BCUT2D eigenvalue weighted by Gasteiger charge is -2.45. The minimum Gasteiger partial charge on any atom is -0.497 e. The Kier molecular flexibility index (Phi) is 5.49. The molecule has 1 aromatic rings. The van der Waals surface area contributed by atoms with Gasteiger partial charge < -0.3 is 23.4 Å². The van der Waals surface area contributed by atoms with E-state index in [1.807, 2.05) is 30.3 Å². The van der Waals surface area contributed by atoms with Gasteiger partial charge in [0.25, 0.3) is 0 Å². The van der Waals surface area contributed by atoms with Gasteiger partial charge in [-0.05, 0) is 36.3 Å². The molecule has 1 saturated heterocycles. The molecule has 2 aliphatic rings. The Labute approximate surface area is 157 Å². The molecule has 0 unspecified atom stereocenters. The van der Waals surface area contributed by atoms with Crippen molar-refractivity contribution in [2.75, 3.05) is 13.7 Å². The van der Waals surface area contributed by atoms with E-state index in [0.717, 1.165) is 11.3 Å². The lowest BCUT2D eigenvalue weighted by Crippen LogP contribution is -2.54. The molecule has 2 heterocycles. The van der Waals surface area contributed by atoms with Crippen LogP contribution in [0.1, 0.15) is 32.6 Å². The van der Waals surface area contributed by atoms with Gasteiger partial charge in [0, 0.05) is 5.56 Å². The first-order chi connectivity index (χ1) is 12.2. The summed E-state index contributed by atoms with van der Waals surface area (Å²) in [6.07, 6.45) is 2.80. The van der Waals surface area contributed by atoms with Gasteiger partial charge >= 0.3 is 0 Å². The van der Waals surface area contributed by atoms with Crippen LogP contribution < -0.4 is 4.74 Å². The zero-order valence-corrected chi connectivity index (χ0v) is 17.5. The Morgan fingerprint density at radius 2 is 1.81 bits per heavy atom. The van der Waals surface area contributed by atoms with Gasteiger partial charge in [-0.3, -0.25) is 0 Å². The maximum Gasteiger partial charge on any atom is 0.193 e. The molecule has 4 atom stereocenters. The van der Waals surface area contributed by atoms with Gasteiger partial charge in [0.2, 0.25) is 0 Å². The largest absolute Gasteiger partial charge is 0.497 e. The molecule has 26 heavy (non-hydrogen) atoms. The summed E-state index contributed by atoms with van der Waals surface area (Å²) < 4.78 is 29.7. The van der Waals surface area contributed by atoms with E-state index in [4.69, 9.17) is 23.4 Å². The highest BCUT2D eigenvalue weighted by Gasteiger charge is 2.46. The molecule has 144 valence electrons. The minimum atomic E-state index is -1.93. The summed E-state index contributed by atoms with van der Waals surface area (Å²) in [7, 11) is -0.272. The second-order valence-electron chi connectivity index (χ2n) is 8.38. The highest BCUT2D eigenvalue weighted by molar-refractivity contribution is 6.74. The van der Waals surface area contributed by atoms with Gasteiger partial charge in [-0.15, -0.1) is 0 Å². The summed E-state index contributed by atoms with van der Waals surface area (Å²) in [5.74, 6) is 0.811. The lowest BCUT2D eigenvalue weighted by molar-refractivity contribution is -0.274. The lowest BCUT2D eigenvalue weighted by atomic mass is 10.0. The summed E-state index contributed by atoms with van der Waals surface area (Å²) in [6.45, 7) is 11.7. The van der Waals surface area contributed by atoms with Gasteiger partial charge in [-0.2, -0.15) is 0 Å².